The van der Waals surface area contributed by atoms with Gasteiger partial charge in [0.15, 0.2) is 0 Å². The van der Waals surface area contributed by atoms with Crippen LogP contribution >= 0.6 is 0 Å². The highest BCUT2D eigenvalue weighted by molar-refractivity contribution is 7.91. The van der Waals surface area contributed by atoms with Crippen molar-refractivity contribution in [3.8, 4) is 5.75 Å². The van der Waals surface area contributed by atoms with Crippen molar-refractivity contribution in [1.82, 2.24) is 0 Å². The van der Waals surface area contributed by atoms with Crippen LogP contribution in [0.25, 0.3) is 0 Å². The summed E-state index contributed by atoms with van der Waals surface area (Å²) in [5, 5.41) is 8.60. The SMILES string of the molecule is Cc1cccc(OCCCCS(=O)(=O)CCCO)c1. The van der Waals surface area contributed by atoms with Gasteiger partial charge in [-0.05, 0) is 43.9 Å². The lowest BCUT2D eigenvalue weighted by Crippen LogP contribution is -2.13. The van der Waals surface area contributed by atoms with Gasteiger partial charge in [0.05, 0.1) is 18.1 Å². The molecule has 0 radical (unpaired) electrons. The summed E-state index contributed by atoms with van der Waals surface area (Å²) in [5.41, 5.74) is 1.14. The Balaban J connectivity index is 2.18. The molecule has 0 bridgehead atoms. The van der Waals surface area contributed by atoms with Gasteiger partial charge in [-0.15, -0.1) is 0 Å². The first kappa shape index (κ1) is 16.0. The van der Waals surface area contributed by atoms with Crippen LogP contribution in [0, 0.1) is 6.92 Å². The van der Waals surface area contributed by atoms with Crippen LogP contribution in [0.3, 0.4) is 0 Å². The van der Waals surface area contributed by atoms with E-state index in [4.69, 9.17) is 9.84 Å². The molecule has 0 saturated heterocycles. The topological polar surface area (TPSA) is 63.6 Å². The highest BCUT2D eigenvalue weighted by atomic mass is 32.2. The van der Waals surface area contributed by atoms with Gasteiger partial charge in [-0.25, -0.2) is 8.42 Å². The van der Waals surface area contributed by atoms with Crippen molar-refractivity contribution < 1.29 is 18.3 Å². The molecule has 0 amide bonds. The fourth-order valence-corrected chi connectivity index (χ4v) is 3.12. The van der Waals surface area contributed by atoms with E-state index in [9.17, 15) is 8.42 Å². The third kappa shape index (κ3) is 7.18. The van der Waals surface area contributed by atoms with Crippen LogP contribution in [0.4, 0.5) is 0 Å². The van der Waals surface area contributed by atoms with Crippen LogP contribution in [-0.4, -0.2) is 38.2 Å². The number of rotatable bonds is 9. The van der Waals surface area contributed by atoms with Gasteiger partial charge in [0.2, 0.25) is 0 Å². The standard InChI is InChI=1S/C14H22O4S/c1-13-6-4-7-14(12-13)18-9-2-3-10-19(16,17)11-5-8-15/h4,6-7,12,15H,2-3,5,8-11H2,1H3. The quantitative estimate of drug-likeness (QED) is 0.705. The summed E-state index contributed by atoms with van der Waals surface area (Å²) in [6.45, 7) is 2.45. The Hall–Kier alpha value is -1.07. The van der Waals surface area contributed by atoms with Crippen LogP contribution in [0.15, 0.2) is 24.3 Å². The van der Waals surface area contributed by atoms with E-state index in [0.29, 0.717) is 25.9 Å². The minimum Gasteiger partial charge on any atom is -0.494 e. The predicted molar refractivity (Wildman–Crippen MR) is 76.3 cm³/mol. The molecule has 1 N–H and O–H groups in total. The van der Waals surface area contributed by atoms with E-state index in [1.54, 1.807) is 0 Å². The minimum atomic E-state index is -3.01. The molecule has 1 aromatic carbocycles. The summed E-state index contributed by atoms with van der Waals surface area (Å²) < 4.78 is 28.6. The van der Waals surface area contributed by atoms with E-state index in [1.807, 2.05) is 31.2 Å². The van der Waals surface area contributed by atoms with Crippen molar-refractivity contribution in [2.45, 2.75) is 26.2 Å². The summed E-state index contributed by atoms with van der Waals surface area (Å²) in [5.74, 6) is 1.06. The highest BCUT2D eigenvalue weighted by Gasteiger charge is 2.09. The molecule has 0 aromatic heterocycles. The average molecular weight is 286 g/mol. The molecule has 0 aliphatic heterocycles. The number of hydrogen-bond acceptors (Lipinski definition) is 4. The molecule has 0 atom stereocenters. The van der Waals surface area contributed by atoms with Gasteiger partial charge in [-0.2, -0.15) is 0 Å². The highest BCUT2D eigenvalue weighted by Crippen LogP contribution is 2.12. The Labute approximate surface area is 115 Å². The first-order chi connectivity index (χ1) is 9.03. The fraction of sp³-hybridized carbons (Fsp3) is 0.571. The zero-order valence-electron chi connectivity index (χ0n) is 11.3. The average Bonchev–Trinajstić information content (AvgIpc) is 2.36. The molecule has 0 aliphatic rings. The van der Waals surface area contributed by atoms with Gasteiger partial charge in [0, 0.05) is 6.61 Å². The van der Waals surface area contributed by atoms with E-state index in [-0.39, 0.29) is 18.1 Å². The Bertz CT molecular complexity index is 468. The molecule has 0 aliphatic carbocycles. The zero-order valence-corrected chi connectivity index (χ0v) is 12.2. The lowest BCUT2D eigenvalue weighted by Gasteiger charge is -2.07. The second-order valence-electron chi connectivity index (χ2n) is 4.60. The first-order valence-electron chi connectivity index (χ1n) is 6.54. The number of aliphatic hydroxyl groups is 1. The maximum absolute atomic E-state index is 11.5. The van der Waals surface area contributed by atoms with E-state index >= 15 is 0 Å². The Morgan fingerprint density at radius 3 is 2.58 bits per heavy atom. The Kier molecular flexibility index (Phi) is 6.87. The van der Waals surface area contributed by atoms with Gasteiger partial charge < -0.3 is 9.84 Å². The monoisotopic (exact) mass is 286 g/mol. The predicted octanol–water partition coefficient (Wildman–Crippen LogP) is 1.95. The molecule has 0 saturated carbocycles. The second-order valence-corrected chi connectivity index (χ2v) is 6.90. The Morgan fingerprint density at radius 2 is 1.89 bits per heavy atom. The number of aryl methyl sites for hydroxylation is 1. The van der Waals surface area contributed by atoms with E-state index < -0.39 is 9.84 Å². The first-order valence-corrected chi connectivity index (χ1v) is 8.36. The number of unbranched alkanes of at least 4 members (excludes halogenated alkanes) is 1. The molecule has 4 nitrogen and oxygen atoms in total. The lowest BCUT2D eigenvalue weighted by atomic mass is 10.2. The number of hydrogen-bond donors (Lipinski definition) is 1. The molecule has 5 heteroatoms. The summed E-state index contributed by atoms with van der Waals surface area (Å²) in [6.07, 6.45) is 1.63. The van der Waals surface area contributed by atoms with Crippen molar-refractivity contribution in [3.05, 3.63) is 29.8 Å². The van der Waals surface area contributed by atoms with E-state index in [1.165, 1.54) is 0 Å². The van der Waals surface area contributed by atoms with E-state index in [2.05, 4.69) is 0 Å². The normalized spacial score (nSPS) is 11.5. The van der Waals surface area contributed by atoms with Crippen LogP contribution in [0.1, 0.15) is 24.8 Å². The molecule has 0 unspecified atom stereocenters. The lowest BCUT2D eigenvalue weighted by molar-refractivity contribution is 0.295. The van der Waals surface area contributed by atoms with Crippen molar-refractivity contribution in [1.29, 1.82) is 0 Å². The summed E-state index contributed by atoms with van der Waals surface area (Å²) in [7, 11) is -3.01. The summed E-state index contributed by atoms with van der Waals surface area (Å²) >= 11 is 0. The van der Waals surface area contributed by atoms with Crippen molar-refractivity contribution in [2.24, 2.45) is 0 Å². The number of sulfone groups is 1. The van der Waals surface area contributed by atoms with Crippen LogP contribution in [0.5, 0.6) is 5.75 Å². The minimum absolute atomic E-state index is 0.0717. The molecule has 19 heavy (non-hydrogen) atoms. The largest absolute Gasteiger partial charge is 0.494 e. The van der Waals surface area contributed by atoms with E-state index in [0.717, 1.165) is 11.3 Å². The summed E-state index contributed by atoms with van der Waals surface area (Å²) in [4.78, 5) is 0. The summed E-state index contributed by atoms with van der Waals surface area (Å²) in [6, 6.07) is 7.79. The molecule has 108 valence electrons. The molecule has 1 rings (SSSR count). The molecular weight excluding hydrogens is 264 g/mol. The van der Waals surface area contributed by atoms with Crippen molar-refractivity contribution in [3.63, 3.8) is 0 Å². The van der Waals surface area contributed by atoms with Crippen LogP contribution in [-0.2, 0) is 9.84 Å². The third-order valence-electron chi connectivity index (χ3n) is 2.72. The van der Waals surface area contributed by atoms with Gasteiger partial charge in [0.1, 0.15) is 15.6 Å². The third-order valence-corrected chi connectivity index (χ3v) is 4.54. The Morgan fingerprint density at radius 1 is 1.16 bits per heavy atom. The second kappa shape index (κ2) is 8.17. The molecule has 0 fully saturated rings. The van der Waals surface area contributed by atoms with Gasteiger partial charge >= 0.3 is 0 Å². The molecule has 1 aromatic rings. The number of aliphatic hydroxyl groups excluding tert-OH is 1. The van der Waals surface area contributed by atoms with Gasteiger partial charge in [0.25, 0.3) is 0 Å². The molecule has 0 heterocycles. The number of ether oxygens (including phenoxy) is 1. The fourth-order valence-electron chi connectivity index (χ4n) is 1.71. The molecule has 0 spiro atoms. The maximum Gasteiger partial charge on any atom is 0.150 e. The van der Waals surface area contributed by atoms with Gasteiger partial charge in [-0.3, -0.25) is 0 Å². The van der Waals surface area contributed by atoms with Gasteiger partial charge in [-0.1, -0.05) is 12.1 Å². The zero-order chi connectivity index (χ0) is 14.1. The van der Waals surface area contributed by atoms with Crippen molar-refractivity contribution >= 4 is 9.84 Å². The number of benzene rings is 1. The van der Waals surface area contributed by atoms with Crippen LogP contribution < -0.4 is 4.74 Å². The smallest absolute Gasteiger partial charge is 0.150 e. The maximum atomic E-state index is 11.5. The molecular formula is C14H22O4S. The van der Waals surface area contributed by atoms with Crippen LogP contribution in [0.2, 0.25) is 0 Å². The van der Waals surface area contributed by atoms with Crippen molar-refractivity contribution in [2.75, 3.05) is 24.7 Å².